The molecule has 0 aliphatic rings. The lowest BCUT2D eigenvalue weighted by molar-refractivity contribution is -0.114. The molecular formula is C17H17N3O5S2. The van der Waals surface area contributed by atoms with Crippen LogP contribution in [-0.2, 0) is 21.9 Å². The van der Waals surface area contributed by atoms with Crippen LogP contribution in [0.2, 0.25) is 0 Å². The summed E-state index contributed by atoms with van der Waals surface area (Å²) in [5.41, 5.74) is 1.32. The van der Waals surface area contributed by atoms with Crippen molar-refractivity contribution in [1.29, 1.82) is 0 Å². The summed E-state index contributed by atoms with van der Waals surface area (Å²) in [4.78, 5) is 22.9. The predicted octanol–water partition coefficient (Wildman–Crippen LogP) is 2.37. The van der Waals surface area contributed by atoms with Crippen molar-refractivity contribution in [2.75, 3.05) is 17.1 Å². The Balaban J connectivity index is 1.97. The molecule has 0 radical (unpaired) electrons. The lowest BCUT2D eigenvalue weighted by Crippen LogP contribution is -2.14. The smallest absolute Gasteiger partial charge is 0.307 e. The molecule has 0 aliphatic carbocycles. The average Bonchev–Trinajstić information content (AvgIpc) is 2.87. The highest BCUT2D eigenvalue weighted by atomic mass is 32.2. The molecule has 3 aromatic rings. The number of nitrogens with zero attached hydrogens (tertiary/aromatic N) is 1. The van der Waals surface area contributed by atoms with Crippen LogP contribution in [0.4, 0.5) is 11.4 Å². The van der Waals surface area contributed by atoms with Gasteiger partial charge in [-0.05, 0) is 36.4 Å². The monoisotopic (exact) mass is 407 g/mol. The van der Waals surface area contributed by atoms with E-state index in [-0.39, 0.29) is 21.4 Å². The van der Waals surface area contributed by atoms with Crippen LogP contribution in [0.3, 0.4) is 0 Å². The Morgan fingerprint density at radius 3 is 2.59 bits per heavy atom. The molecule has 1 heterocycles. The maximum absolute atomic E-state index is 12.7. The molecule has 1 amide bonds. The van der Waals surface area contributed by atoms with Gasteiger partial charge in [0.2, 0.25) is 5.91 Å². The summed E-state index contributed by atoms with van der Waals surface area (Å²) in [6, 6.07) is 9.04. The molecule has 2 aromatic carbocycles. The molecule has 1 aromatic heterocycles. The van der Waals surface area contributed by atoms with Crippen LogP contribution in [0.5, 0.6) is 5.75 Å². The first-order valence-electron chi connectivity index (χ1n) is 7.79. The minimum atomic E-state index is -3.91. The number of rotatable bonds is 5. The summed E-state index contributed by atoms with van der Waals surface area (Å²) in [5, 5.41) is 2.54. The molecule has 8 nitrogen and oxygen atoms in total. The third kappa shape index (κ3) is 3.81. The van der Waals surface area contributed by atoms with E-state index in [4.69, 9.17) is 4.74 Å². The van der Waals surface area contributed by atoms with Gasteiger partial charge >= 0.3 is 4.87 Å². The Bertz CT molecular complexity index is 1190. The number of thiazole rings is 1. The van der Waals surface area contributed by atoms with E-state index >= 15 is 0 Å². The van der Waals surface area contributed by atoms with Crippen molar-refractivity contribution in [3.05, 3.63) is 46.1 Å². The van der Waals surface area contributed by atoms with Gasteiger partial charge in [-0.2, -0.15) is 0 Å². The van der Waals surface area contributed by atoms with Gasteiger partial charge in [-0.15, -0.1) is 0 Å². The summed E-state index contributed by atoms with van der Waals surface area (Å²) >= 11 is 1.04. The van der Waals surface area contributed by atoms with Gasteiger partial charge < -0.3 is 14.6 Å². The van der Waals surface area contributed by atoms with Gasteiger partial charge in [0.05, 0.1) is 33.6 Å². The van der Waals surface area contributed by atoms with Gasteiger partial charge in [0, 0.05) is 14.0 Å². The number of aryl methyl sites for hydroxylation is 1. The standard InChI is InChI=1S/C17H17N3O5S2/c1-10(21)18-13-9-12(5-7-15(13)25-3)27(23,24)19-11-4-6-14-16(8-11)26-17(22)20(14)2/h4-9,19H,1-3H3,(H,18,21). The Morgan fingerprint density at radius 2 is 1.93 bits per heavy atom. The Kier molecular flexibility index (Phi) is 4.94. The zero-order chi connectivity index (χ0) is 19.8. The SMILES string of the molecule is COc1ccc(S(=O)(=O)Nc2ccc3c(c2)sc(=O)n3C)cc1NC(C)=O. The fourth-order valence-electron chi connectivity index (χ4n) is 2.55. The van der Waals surface area contributed by atoms with Gasteiger partial charge in [-0.25, -0.2) is 8.42 Å². The van der Waals surface area contributed by atoms with Crippen LogP contribution in [0.1, 0.15) is 6.92 Å². The zero-order valence-corrected chi connectivity index (χ0v) is 16.4. The Hall–Kier alpha value is -2.85. The summed E-state index contributed by atoms with van der Waals surface area (Å²) in [7, 11) is -0.823. The van der Waals surface area contributed by atoms with Crippen LogP contribution in [0, 0.1) is 0 Å². The summed E-state index contributed by atoms with van der Waals surface area (Å²) in [5.74, 6) is -0.000119. The van der Waals surface area contributed by atoms with Gasteiger partial charge in [-0.1, -0.05) is 11.3 Å². The average molecular weight is 407 g/mol. The Morgan fingerprint density at radius 1 is 1.19 bits per heavy atom. The summed E-state index contributed by atoms with van der Waals surface area (Å²) < 4.78 is 35.2. The number of amides is 1. The van der Waals surface area contributed by atoms with E-state index in [1.165, 1.54) is 36.8 Å². The van der Waals surface area contributed by atoms with Crippen molar-refractivity contribution in [3.63, 3.8) is 0 Å². The molecule has 0 aliphatic heterocycles. The van der Waals surface area contributed by atoms with Crippen LogP contribution < -0.4 is 19.6 Å². The lowest BCUT2D eigenvalue weighted by atomic mass is 10.3. The van der Waals surface area contributed by atoms with Crippen molar-refractivity contribution in [2.45, 2.75) is 11.8 Å². The molecule has 0 fully saturated rings. The molecule has 0 saturated heterocycles. The van der Waals surface area contributed by atoms with Crippen molar-refractivity contribution >= 4 is 48.9 Å². The number of hydrogen-bond donors (Lipinski definition) is 2. The van der Waals surface area contributed by atoms with E-state index in [0.29, 0.717) is 16.1 Å². The first-order chi connectivity index (χ1) is 12.7. The van der Waals surface area contributed by atoms with E-state index in [1.807, 2.05) is 0 Å². The van der Waals surface area contributed by atoms with Gasteiger partial charge in [0.1, 0.15) is 5.75 Å². The van der Waals surface area contributed by atoms with E-state index < -0.39 is 10.0 Å². The normalized spacial score (nSPS) is 11.4. The molecule has 142 valence electrons. The fraction of sp³-hybridized carbons (Fsp3) is 0.176. The van der Waals surface area contributed by atoms with E-state index in [0.717, 1.165) is 16.9 Å². The number of fused-ring (bicyclic) bond motifs is 1. The van der Waals surface area contributed by atoms with Crippen LogP contribution in [0.25, 0.3) is 10.2 Å². The number of methoxy groups -OCH3 is 1. The molecule has 0 spiro atoms. The predicted molar refractivity (Wildman–Crippen MR) is 105 cm³/mol. The maximum atomic E-state index is 12.7. The third-order valence-corrected chi connectivity index (χ3v) is 6.21. The first-order valence-corrected chi connectivity index (χ1v) is 10.1. The van der Waals surface area contributed by atoms with E-state index in [2.05, 4.69) is 10.0 Å². The molecule has 10 heteroatoms. The number of hydrogen-bond acceptors (Lipinski definition) is 6. The highest BCUT2D eigenvalue weighted by molar-refractivity contribution is 7.92. The molecular weight excluding hydrogens is 390 g/mol. The van der Waals surface area contributed by atoms with Gasteiger partial charge in [-0.3, -0.25) is 14.3 Å². The number of aromatic nitrogens is 1. The molecule has 0 bridgehead atoms. The van der Waals surface area contributed by atoms with Gasteiger partial charge in [0.25, 0.3) is 10.0 Å². The number of nitrogens with one attached hydrogen (secondary N) is 2. The minimum absolute atomic E-state index is 0.0339. The molecule has 27 heavy (non-hydrogen) atoms. The maximum Gasteiger partial charge on any atom is 0.307 e. The van der Waals surface area contributed by atoms with Crippen molar-refractivity contribution in [1.82, 2.24) is 4.57 Å². The lowest BCUT2D eigenvalue weighted by Gasteiger charge is -2.13. The van der Waals surface area contributed by atoms with Crippen LogP contribution in [-0.4, -0.2) is 26.0 Å². The molecule has 2 N–H and O–H groups in total. The number of benzene rings is 2. The third-order valence-electron chi connectivity index (χ3n) is 3.84. The number of carbonyl (C=O) groups is 1. The zero-order valence-electron chi connectivity index (χ0n) is 14.8. The highest BCUT2D eigenvalue weighted by Gasteiger charge is 2.18. The topological polar surface area (TPSA) is 106 Å². The highest BCUT2D eigenvalue weighted by Crippen LogP contribution is 2.29. The minimum Gasteiger partial charge on any atom is -0.495 e. The number of anilines is 2. The van der Waals surface area contributed by atoms with Crippen molar-refractivity contribution in [3.8, 4) is 5.75 Å². The van der Waals surface area contributed by atoms with Crippen molar-refractivity contribution < 1.29 is 17.9 Å². The number of carbonyl (C=O) groups excluding carboxylic acids is 1. The second-order valence-corrected chi connectivity index (χ2v) is 8.43. The fourth-order valence-corrected chi connectivity index (χ4v) is 4.55. The van der Waals surface area contributed by atoms with Crippen LogP contribution in [0.15, 0.2) is 46.1 Å². The first kappa shape index (κ1) is 18.9. The largest absolute Gasteiger partial charge is 0.495 e. The number of ether oxygens (including phenoxy) is 1. The van der Waals surface area contributed by atoms with E-state index in [9.17, 15) is 18.0 Å². The van der Waals surface area contributed by atoms with Crippen molar-refractivity contribution in [2.24, 2.45) is 7.05 Å². The summed E-state index contributed by atoms with van der Waals surface area (Å²) in [6.45, 7) is 1.32. The molecule has 3 rings (SSSR count). The summed E-state index contributed by atoms with van der Waals surface area (Å²) in [6.07, 6.45) is 0. The second kappa shape index (κ2) is 7.05. The number of sulfonamides is 1. The van der Waals surface area contributed by atoms with Gasteiger partial charge in [0.15, 0.2) is 0 Å². The molecule has 0 atom stereocenters. The Labute approximate surface area is 159 Å². The quantitative estimate of drug-likeness (QED) is 0.675. The molecule has 0 saturated carbocycles. The van der Waals surface area contributed by atoms with E-state index in [1.54, 1.807) is 25.2 Å². The molecule has 0 unspecified atom stereocenters. The van der Waals surface area contributed by atoms with Crippen LogP contribution >= 0.6 is 11.3 Å². The second-order valence-electron chi connectivity index (χ2n) is 5.76.